The first-order valence-electron chi connectivity index (χ1n) is 11.3. The Morgan fingerprint density at radius 2 is 1.79 bits per heavy atom. The van der Waals surface area contributed by atoms with Crippen LogP contribution in [0.25, 0.3) is 0 Å². The number of primary amides is 1. The van der Waals surface area contributed by atoms with E-state index in [4.69, 9.17) is 10.5 Å². The second kappa shape index (κ2) is 12.9. The van der Waals surface area contributed by atoms with Crippen molar-refractivity contribution >= 4 is 40.9 Å². The molecule has 2 amide bonds. The van der Waals surface area contributed by atoms with E-state index >= 15 is 0 Å². The van der Waals surface area contributed by atoms with E-state index < -0.39 is 22.9 Å². The highest BCUT2D eigenvalue weighted by Gasteiger charge is 2.42. The van der Waals surface area contributed by atoms with Gasteiger partial charge in [-0.1, -0.05) is 62.0 Å². The maximum absolute atomic E-state index is 13.5. The zero-order chi connectivity index (χ0) is 25.3. The van der Waals surface area contributed by atoms with E-state index in [-0.39, 0.29) is 37.3 Å². The van der Waals surface area contributed by atoms with Gasteiger partial charge in [-0.2, -0.15) is 0 Å². The minimum Gasteiger partial charge on any atom is -0.463 e. The van der Waals surface area contributed by atoms with Gasteiger partial charge in [0.2, 0.25) is 10.8 Å². The molecule has 0 aliphatic heterocycles. The van der Waals surface area contributed by atoms with Gasteiger partial charge in [-0.15, -0.1) is 11.3 Å². The maximum atomic E-state index is 13.5. The molecule has 0 bridgehead atoms. The van der Waals surface area contributed by atoms with Gasteiger partial charge in [0.15, 0.2) is 0 Å². The normalized spacial score (nSPS) is 14.0. The molecule has 0 aliphatic rings. The zero-order valence-corrected chi connectivity index (χ0v) is 21.7. The van der Waals surface area contributed by atoms with Crippen molar-refractivity contribution < 1.29 is 24.2 Å². The van der Waals surface area contributed by atoms with E-state index in [0.717, 1.165) is 11.8 Å². The number of esters is 1. The number of rotatable bonds is 13. The molecule has 2 atom stereocenters. The first-order valence-corrected chi connectivity index (χ1v) is 13.0. The fraction of sp³-hybridized carbons (Fsp3) is 0.480. The lowest BCUT2D eigenvalue weighted by molar-refractivity contribution is -0.150. The van der Waals surface area contributed by atoms with E-state index in [1.165, 1.54) is 16.2 Å². The van der Waals surface area contributed by atoms with Crippen LogP contribution in [0.1, 0.15) is 58.6 Å². The number of nitrogens with zero attached hydrogens (tertiary/aromatic N) is 1. The Morgan fingerprint density at radius 3 is 2.32 bits per heavy atom. The zero-order valence-electron chi connectivity index (χ0n) is 20.1. The van der Waals surface area contributed by atoms with Gasteiger partial charge < -0.3 is 20.5 Å². The van der Waals surface area contributed by atoms with Crippen LogP contribution in [0.2, 0.25) is 0 Å². The lowest BCUT2D eigenvalue weighted by atomic mass is 9.99. The number of carbonyl (C=O) groups excluding carboxylic acids is 3. The highest BCUT2D eigenvalue weighted by molar-refractivity contribution is 8.03. The number of amides is 2. The quantitative estimate of drug-likeness (QED) is 0.237. The third kappa shape index (κ3) is 8.45. The Kier molecular flexibility index (Phi) is 10.6. The standard InChI is InChI=1S/C25H34N2O5S2/c1-17(2)12-13-21(28)27(16-25(31,24(26)30)34-23-11-8-14-33-23)20(15-22(29)32-18(3)4)19-9-6-5-7-10-19/h5-11,14,17-18,20,31H,12-13,15-16H2,1-4H3,(H2,26,30)/t20?,25-/m1/s1. The topological polar surface area (TPSA) is 110 Å². The summed E-state index contributed by atoms with van der Waals surface area (Å²) in [5.41, 5.74) is 6.33. The Labute approximate surface area is 209 Å². The SMILES string of the molecule is CC(C)CCC(=O)N(C[C@@](O)(Sc1cccs1)C(N)=O)C(CC(=O)OC(C)C)c1ccccc1. The molecular weight excluding hydrogens is 472 g/mol. The average molecular weight is 507 g/mol. The molecule has 1 unspecified atom stereocenters. The molecular formula is C25H34N2O5S2. The molecule has 0 spiro atoms. The molecule has 7 nitrogen and oxygen atoms in total. The van der Waals surface area contributed by atoms with Crippen LogP contribution in [-0.2, 0) is 19.1 Å². The fourth-order valence-corrected chi connectivity index (χ4v) is 5.36. The van der Waals surface area contributed by atoms with Crippen LogP contribution in [0.4, 0.5) is 0 Å². The van der Waals surface area contributed by atoms with Crippen molar-refractivity contribution in [1.82, 2.24) is 4.90 Å². The van der Waals surface area contributed by atoms with Crippen LogP contribution >= 0.6 is 23.1 Å². The van der Waals surface area contributed by atoms with E-state index in [9.17, 15) is 19.5 Å². The van der Waals surface area contributed by atoms with E-state index in [2.05, 4.69) is 0 Å². The fourth-order valence-electron chi connectivity index (χ4n) is 3.36. The van der Waals surface area contributed by atoms with Crippen molar-refractivity contribution in [3.8, 4) is 0 Å². The molecule has 2 rings (SSSR count). The molecule has 0 fully saturated rings. The summed E-state index contributed by atoms with van der Waals surface area (Å²) in [4.78, 5) is 37.9. The minimum atomic E-state index is -2.08. The second-order valence-corrected chi connectivity index (χ2v) is 11.3. The van der Waals surface area contributed by atoms with E-state index in [1.54, 1.807) is 26.0 Å². The lowest BCUT2D eigenvalue weighted by Gasteiger charge is -2.37. The molecule has 186 valence electrons. The summed E-state index contributed by atoms with van der Waals surface area (Å²) >= 11 is 2.26. The molecule has 3 N–H and O–H groups in total. The number of hydrogen-bond donors (Lipinski definition) is 2. The monoisotopic (exact) mass is 506 g/mol. The summed E-state index contributed by atoms with van der Waals surface area (Å²) in [5.74, 6) is -1.42. The predicted octanol–water partition coefficient (Wildman–Crippen LogP) is 4.36. The molecule has 1 aromatic carbocycles. The van der Waals surface area contributed by atoms with Gasteiger partial charge >= 0.3 is 5.97 Å². The number of carbonyl (C=O) groups is 3. The Hall–Kier alpha value is -2.36. The molecule has 0 saturated carbocycles. The van der Waals surface area contributed by atoms with Crippen LogP contribution in [0, 0.1) is 5.92 Å². The van der Waals surface area contributed by atoms with Crippen molar-refractivity contribution in [2.24, 2.45) is 11.7 Å². The Bertz CT molecular complexity index is 934. The van der Waals surface area contributed by atoms with Crippen molar-refractivity contribution in [3.05, 3.63) is 53.4 Å². The average Bonchev–Trinajstić information content (AvgIpc) is 3.27. The molecule has 2 aromatic rings. The van der Waals surface area contributed by atoms with Gasteiger partial charge in [0.05, 0.1) is 29.3 Å². The van der Waals surface area contributed by atoms with Gasteiger partial charge in [0, 0.05) is 6.42 Å². The number of benzene rings is 1. The number of thioether (sulfide) groups is 1. The van der Waals surface area contributed by atoms with Crippen LogP contribution in [0.3, 0.4) is 0 Å². The number of ether oxygens (including phenoxy) is 1. The van der Waals surface area contributed by atoms with E-state index in [1.807, 2.05) is 49.6 Å². The van der Waals surface area contributed by atoms with Crippen LogP contribution in [-0.4, -0.2) is 45.4 Å². The number of thiophene rings is 1. The highest BCUT2D eigenvalue weighted by Crippen LogP contribution is 2.37. The second-order valence-electron chi connectivity index (χ2n) is 8.81. The summed E-state index contributed by atoms with van der Waals surface area (Å²) in [6, 6.07) is 11.9. The highest BCUT2D eigenvalue weighted by atomic mass is 32.2. The predicted molar refractivity (Wildman–Crippen MR) is 135 cm³/mol. The van der Waals surface area contributed by atoms with Crippen LogP contribution in [0.15, 0.2) is 52.1 Å². The Morgan fingerprint density at radius 1 is 1.12 bits per heavy atom. The third-order valence-electron chi connectivity index (χ3n) is 5.08. The Balaban J connectivity index is 2.47. The molecule has 9 heteroatoms. The van der Waals surface area contributed by atoms with Crippen LogP contribution in [0.5, 0.6) is 0 Å². The molecule has 0 radical (unpaired) electrons. The van der Waals surface area contributed by atoms with Crippen LogP contribution < -0.4 is 5.73 Å². The molecule has 0 aliphatic carbocycles. The van der Waals surface area contributed by atoms with Gasteiger partial charge in [-0.3, -0.25) is 14.4 Å². The molecule has 1 heterocycles. The van der Waals surface area contributed by atoms with Gasteiger partial charge in [-0.05, 0) is 43.2 Å². The maximum Gasteiger partial charge on any atom is 0.308 e. The first-order chi connectivity index (χ1) is 16.0. The smallest absolute Gasteiger partial charge is 0.308 e. The summed E-state index contributed by atoms with van der Waals surface area (Å²) < 4.78 is 6.04. The van der Waals surface area contributed by atoms with Crippen molar-refractivity contribution in [3.63, 3.8) is 0 Å². The molecule has 1 aromatic heterocycles. The number of aliphatic hydroxyl groups is 1. The van der Waals surface area contributed by atoms with Gasteiger partial charge in [0.1, 0.15) is 0 Å². The van der Waals surface area contributed by atoms with Gasteiger partial charge in [0.25, 0.3) is 5.91 Å². The molecule has 0 saturated heterocycles. The van der Waals surface area contributed by atoms with Crippen molar-refractivity contribution in [2.75, 3.05) is 6.54 Å². The number of hydrogen-bond acceptors (Lipinski definition) is 7. The largest absolute Gasteiger partial charge is 0.463 e. The van der Waals surface area contributed by atoms with E-state index in [0.29, 0.717) is 16.2 Å². The summed E-state index contributed by atoms with van der Waals surface area (Å²) in [6.45, 7) is 7.17. The van der Waals surface area contributed by atoms with Gasteiger partial charge in [-0.25, -0.2) is 0 Å². The number of nitrogens with two attached hydrogens (primary N) is 1. The summed E-state index contributed by atoms with van der Waals surface area (Å²) in [7, 11) is 0. The first kappa shape index (κ1) is 27.9. The summed E-state index contributed by atoms with van der Waals surface area (Å²) in [6.07, 6.45) is 0.402. The third-order valence-corrected chi connectivity index (χ3v) is 7.28. The van der Waals surface area contributed by atoms with Crippen molar-refractivity contribution in [2.45, 2.75) is 68.2 Å². The van der Waals surface area contributed by atoms with Crippen molar-refractivity contribution in [1.29, 1.82) is 0 Å². The molecule has 34 heavy (non-hydrogen) atoms. The summed E-state index contributed by atoms with van der Waals surface area (Å²) in [5, 5.41) is 13.1. The lowest BCUT2D eigenvalue weighted by Crippen LogP contribution is -2.52. The minimum absolute atomic E-state index is 0.117.